The quantitative estimate of drug-likeness (QED) is 0.327. The number of hydrogen-bond donors (Lipinski definition) is 2. The van der Waals surface area contributed by atoms with E-state index in [2.05, 4.69) is 29.5 Å². The van der Waals surface area contributed by atoms with Gasteiger partial charge in [0.25, 0.3) is 0 Å². The Kier molecular flexibility index (Phi) is 12.4. The predicted octanol–water partition coefficient (Wildman–Crippen LogP) is 2.62. The minimum atomic E-state index is 0. The fraction of sp³-hybridized carbons (Fsp3) is 0.889. The van der Waals surface area contributed by atoms with Crippen molar-refractivity contribution in [2.24, 2.45) is 10.4 Å². The number of carbonyl (C=O) groups is 1. The Morgan fingerprint density at radius 1 is 1.24 bits per heavy atom. The number of hydrogen-bond acceptors (Lipinski definition) is 3. The highest BCUT2D eigenvalue weighted by molar-refractivity contribution is 14.0. The first-order chi connectivity index (χ1) is 11.3. The average molecular weight is 468 g/mol. The molecule has 1 rings (SSSR count). The van der Waals surface area contributed by atoms with Gasteiger partial charge in [0.1, 0.15) is 6.54 Å². The van der Waals surface area contributed by atoms with Gasteiger partial charge in [0, 0.05) is 40.4 Å². The summed E-state index contributed by atoms with van der Waals surface area (Å²) in [6.07, 6.45) is 7.18. The van der Waals surface area contributed by atoms with Crippen LogP contribution >= 0.6 is 24.0 Å². The highest BCUT2D eigenvalue weighted by atomic mass is 127. The van der Waals surface area contributed by atoms with Crippen LogP contribution in [0.5, 0.6) is 0 Å². The van der Waals surface area contributed by atoms with Crippen LogP contribution in [-0.2, 0) is 9.53 Å². The van der Waals surface area contributed by atoms with E-state index in [1.54, 1.807) is 26.1 Å². The molecule has 0 radical (unpaired) electrons. The first kappa shape index (κ1) is 24.4. The molecule has 1 saturated carbocycles. The molecule has 2 N–H and O–H groups in total. The van der Waals surface area contributed by atoms with Crippen molar-refractivity contribution in [1.29, 1.82) is 0 Å². The normalized spacial score (nSPS) is 16.1. The third kappa shape index (κ3) is 10.9. The van der Waals surface area contributed by atoms with Crippen molar-refractivity contribution in [3.05, 3.63) is 0 Å². The smallest absolute Gasteiger partial charge is 0.243 e. The SMILES string of the molecule is COCCC(C)(C)CNC(=NCC(=O)N(C)C)NC1CCCCC1.I. The zero-order valence-electron chi connectivity index (χ0n) is 16.6. The van der Waals surface area contributed by atoms with Gasteiger partial charge in [0.2, 0.25) is 5.91 Å². The fourth-order valence-corrected chi connectivity index (χ4v) is 2.67. The minimum absolute atomic E-state index is 0. The summed E-state index contributed by atoms with van der Waals surface area (Å²) in [5, 5.41) is 6.94. The number of ether oxygens (including phenoxy) is 1. The van der Waals surface area contributed by atoms with Crippen molar-refractivity contribution in [2.45, 2.75) is 58.4 Å². The molecule has 0 aromatic heterocycles. The van der Waals surface area contributed by atoms with E-state index in [0.29, 0.717) is 6.04 Å². The lowest BCUT2D eigenvalue weighted by Gasteiger charge is -2.29. The summed E-state index contributed by atoms with van der Waals surface area (Å²) in [6, 6.07) is 0.460. The number of rotatable bonds is 8. The molecule has 1 fully saturated rings. The molecular formula is C18H37IN4O2. The van der Waals surface area contributed by atoms with Gasteiger partial charge in [0.05, 0.1) is 0 Å². The van der Waals surface area contributed by atoms with Gasteiger partial charge in [-0.05, 0) is 24.7 Å². The number of guanidine groups is 1. The summed E-state index contributed by atoms with van der Waals surface area (Å²) in [4.78, 5) is 17.9. The highest BCUT2D eigenvalue weighted by Gasteiger charge is 2.20. The Balaban J connectivity index is 0.00000576. The van der Waals surface area contributed by atoms with Gasteiger partial charge in [-0.25, -0.2) is 4.99 Å². The Morgan fingerprint density at radius 2 is 1.88 bits per heavy atom. The number of nitrogens with zero attached hydrogens (tertiary/aromatic N) is 2. The van der Waals surface area contributed by atoms with Crippen LogP contribution in [0.3, 0.4) is 0 Å². The van der Waals surface area contributed by atoms with E-state index >= 15 is 0 Å². The van der Waals surface area contributed by atoms with Gasteiger partial charge in [-0.2, -0.15) is 0 Å². The fourth-order valence-electron chi connectivity index (χ4n) is 2.67. The molecule has 6 nitrogen and oxygen atoms in total. The first-order valence-corrected chi connectivity index (χ1v) is 9.08. The lowest BCUT2D eigenvalue weighted by Crippen LogP contribution is -2.47. The number of nitrogens with one attached hydrogen (secondary N) is 2. The Hall–Kier alpha value is -0.570. The molecule has 7 heteroatoms. The molecule has 0 aromatic rings. The number of halogens is 1. The van der Waals surface area contributed by atoms with E-state index in [9.17, 15) is 4.79 Å². The lowest BCUT2D eigenvalue weighted by molar-refractivity contribution is -0.127. The first-order valence-electron chi connectivity index (χ1n) is 9.08. The van der Waals surface area contributed by atoms with Crippen LogP contribution in [0.1, 0.15) is 52.4 Å². The van der Waals surface area contributed by atoms with E-state index in [0.717, 1.165) is 25.5 Å². The van der Waals surface area contributed by atoms with Crippen LogP contribution in [0.15, 0.2) is 4.99 Å². The average Bonchev–Trinajstić information content (AvgIpc) is 2.56. The molecular weight excluding hydrogens is 431 g/mol. The number of carbonyl (C=O) groups excluding carboxylic acids is 1. The van der Waals surface area contributed by atoms with Gasteiger partial charge in [-0.15, -0.1) is 24.0 Å². The third-order valence-electron chi connectivity index (χ3n) is 4.53. The van der Waals surface area contributed by atoms with Crippen LogP contribution in [0.4, 0.5) is 0 Å². The van der Waals surface area contributed by atoms with Gasteiger partial charge >= 0.3 is 0 Å². The Bertz CT molecular complexity index is 408. The standard InChI is InChI=1S/C18H36N4O2.HI/c1-18(2,11-12-24-5)14-20-17(19-13-16(23)22(3)4)21-15-9-7-6-8-10-15;/h15H,6-14H2,1-5H3,(H2,19,20,21);1H. The minimum Gasteiger partial charge on any atom is -0.385 e. The van der Waals surface area contributed by atoms with Crippen LogP contribution < -0.4 is 10.6 Å². The number of aliphatic imine (C=N–C) groups is 1. The summed E-state index contributed by atoms with van der Waals surface area (Å²) in [6.45, 7) is 6.14. The lowest BCUT2D eigenvalue weighted by atomic mass is 9.90. The zero-order chi connectivity index (χ0) is 18.0. The van der Waals surface area contributed by atoms with Crippen LogP contribution in [0, 0.1) is 5.41 Å². The van der Waals surface area contributed by atoms with Crippen molar-refractivity contribution in [3.8, 4) is 0 Å². The maximum Gasteiger partial charge on any atom is 0.243 e. The Labute approximate surface area is 170 Å². The maximum atomic E-state index is 11.8. The molecule has 0 spiro atoms. The second-order valence-corrected chi connectivity index (χ2v) is 7.69. The van der Waals surface area contributed by atoms with Gasteiger partial charge in [-0.3, -0.25) is 4.79 Å². The van der Waals surface area contributed by atoms with Crippen molar-refractivity contribution in [2.75, 3.05) is 40.9 Å². The molecule has 148 valence electrons. The van der Waals surface area contributed by atoms with E-state index in [1.807, 2.05) is 0 Å². The number of amides is 1. The van der Waals surface area contributed by atoms with Crippen molar-refractivity contribution < 1.29 is 9.53 Å². The second-order valence-electron chi connectivity index (χ2n) is 7.69. The largest absolute Gasteiger partial charge is 0.385 e. The molecule has 1 amide bonds. The van der Waals surface area contributed by atoms with Gasteiger partial charge in [-0.1, -0.05) is 33.1 Å². The van der Waals surface area contributed by atoms with Crippen LogP contribution in [0.2, 0.25) is 0 Å². The molecule has 1 aliphatic carbocycles. The molecule has 0 heterocycles. The van der Waals surface area contributed by atoms with E-state index in [-0.39, 0.29) is 41.8 Å². The summed E-state index contributed by atoms with van der Waals surface area (Å²) in [5.74, 6) is 0.765. The van der Waals surface area contributed by atoms with Crippen LogP contribution in [0.25, 0.3) is 0 Å². The van der Waals surface area contributed by atoms with Crippen molar-refractivity contribution in [3.63, 3.8) is 0 Å². The molecule has 0 saturated heterocycles. The summed E-state index contributed by atoms with van der Waals surface area (Å²) >= 11 is 0. The molecule has 0 aromatic carbocycles. The molecule has 0 aliphatic heterocycles. The molecule has 25 heavy (non-hydrogen) atoms. The van der Waals surface area contributed by atoms with Crippen molar-refractivity contribution >= 4 is 35.8 Å². The third-order valence-corrected chi connectivity index (χ3v) is 4.53. The molecule has 1 aliphatic rings. The van der Waals surface area contributed by atoms with E-state index in [4.69, 9.17) is 4.74 Å². The monoisotopic (exact) mass is 468 g/mol. The van der Waals surface area contributed by atoms with Crippen molar-refractivity contribution in [1.82, 2.24) is 15.5 Å². The zero-order valence-corrected chi connectivity index (χ0v) is 18.9. The summed E-state index contributed by atoms with van der Waals surface area (Å²) in [5.41, 5.74) is 0.108. The molecule has 0 bridgehead atoms. The second kappa shape index (κ2) is 12.7. The molecule has 0 atom stereocenters. The van der Waals surface area contributed by atoms with Gasteiger partial charge < -0.3 is 20.3 Å². The predicted molar refractivity (Wildman–Crippen MR) is 115 cm³/mol. The number of methoxy groups -OCH3 is 1. The Morgan fingerprint density at radius 3 is 2.44 bits per heavy atom. The summed E-state index contributed by atoms with van der Waals surface area (Å²) in [7, 11) is 5.24. The van der Waals surface area contributed by atoms with E-state index < -0.39 is 0 Å². The van der Waals surface area contributed by atoms with Gasteiger partial charge in [0.15, 0.2) is 5.96 Å². The van der Waals surface area contributed by atoms with E-state index in [1.165, 1.54) is 32.1 Å². The molecule has 0 unspecified atom stereocenters. The maximum absolute atomic E-state index is 11.8. The highest BCUT2D eigenvalue weighted by Crippen LogP contribution is 2.19. The topological polar surface area (TPSA) is 66.0 Å². The summed E-state index contributed by atoms with van der Waals surface area (Å²) < 4.78 is 5.19. The number of likely N-dealkylation sites (N-methyl/N-ethyl adjacent to an activating group) is 1. The van der Waals surface area contributed by atoms with Crippen LogP contribution in [-0.4, -0.2) is 63.7 Å².